The van der Waals surface area contributed by atoms with Crippen molar-refractivity contribution in [3.63, 3.8) is 0 Å². The molecule has 0 fully saturated rings. The first-order chi connectivity index (χ1) is 5.76. The van der Waals surface area contributed by atoms with Crippen molar-refractivity contribution in [3.8, 4) is 12.1 Å². The average Bonchev–Trinajstić information content (AvgIpc) is 2.06. The van der Waals surface area contributed by atoms with Crippen LogP contribution in [0, 0.1) is 22.7 Å². The van der Waals surface area contributed by atoms with Crippen molar-refractivity contribution in [1.82, 2.24) is 0 Å². The molecule has 0 amide bonds. The van der Waals surface area contributed by atoms with Crippen molar-refractivity contribution < 1.29 is 4.39 Å². The smallest absolute Gasteiger partial charge is 0.132 e. The fourth-order valence-electron chi connectivity index (χ4n) is 0.894. The lowest BCUT2D eigenvalue weighted by Gasteiger charge is -2.16. The van der Waals surface area contributed by atoms with Crippen LogP contribution in [-0.4, -0.2) is 18.2 Å². The SMILES string of the molecule is CCP(CCC#N)C(F)CC#N. The zero-order valence-electron chi connectivity index (χ0n) is 7.13. The third-order valence-corrected chi connectivity index (χ3v) is 4.16. The molecule has 0 aromatic rings. The number of alkyl halides is 1. The highest BCUT2D eigenvalue weighted by molar-refractivity contribution is 7.58. The molecule has 0 aliphatic heterocycles. The average molecular weight is 186 g/mol. The van der Waals surface area contributed by atoms with Crippen molar-refractivity contribution in [1.29, 1.82) is 10.5 Å². The van der Waals surface area contributed by atoms with E-state index >= 15 is 0 Å². The highest BCUT2D eigenvalue weighted by atomic mass is 31.1. The normalized spacial score (nSPS) is 14.3. The molecule has 0 spiro atoms. The van der Waals surface area contributed by atoms with Gasteiger partial charge in [0.1, 0.15) is 5.91 Å². The summed E-state index contributed by atoms with van der Waals surface area (Å²) in [6, 6.07) is 3.81. The number of rotatable bonds is 5. The van der Waals surface area contributed by atoms with Gasteiger partial charge < -0.3 is 0 Å². The van der Waals surface area contributed by atoms with Crippen LogP contribution in [0.15, 0.2) is 0 Å². The Kier molecular flexibility index (Phi) is 6.63. The summed E-state index contributed by atoms with van der Waals surface area (Å²) in [5, 5.41) is 16.6. The summed E-state index contributed by atoms with van der Waals surface area (Å²) in [4.78, 5) is 0. The van der Waals surface area contributed by atoms with Gasteiger partial charge in [0.25, 0.3) is 0 Å². The van der Waals surface area contributed by atoms with Gasteiger partial charge in [-0.15, -0.1) is 0 Å². The monoisotopic (exact) mass is 186 g/mol. The van der Waals surface area contributed by atoms with Crippen LogP contribution in [0.2, 0.25) is 0 Å². The zero-order valence-corrected chi connectivity index (χ0v) is 8.02. The maximum Gasteiger partial charge on any atom is 0.132 e. The van der Waals surface area contributed by atoms with Crippen LogP contribution < -0.4 is 0 Å². The van der Waals surface area contributed by atoms with Gasteiger partial charge in [0.2, 0.25) is 0 Å². The molecule has 4 heteroatoms. The van der Waals surface area contributed by atoms with E-state index in [0.717, 1.165) is 6.16 Å². The zero-order chi connectivity index (χ0) is 9.40. The fraction of sp³-hybridized carbons (Fsp3) is 0.750. The fourth-order valence-corrected chi connectivity index (χ4v) is 2.61. The van der Waals surface area contributed by atoms with Gasteiger partial charge in [-0.05, 0) is 12.3 Å². The number of halogens is 1. The van der Waals surface area contributed by atoms with Crippen LogP contribution in [0.25, 0.3) is 0 Å². The first-order valence-electron chi connectivity index (χ1n) is 3.88. The molecular formula is C8H12FN2P. The molecule has 0 saturated carbocycles. The van der Waals surface area contributed by atoms with Gasteiger partial charge in [0.15, 0.2) is 0 Å². The minimum Gasteiger partial charge on any atom is -0.241 e. The van der Waals surface area contributed by atoms with Gasteiger partial charge in [-0.2, -0.15) is 10.5 Å². The predicted molar refractivity (Wildman–Crippen MR) is 47.7 cm³/mol. The van der Waals surface area contributed by atoms with E-state index in [1.54, 1.807) is 0 Å². The molecule has 0 radical (unpaired) electrons. The second-order valence-electron chi connectivity index (χ2n) is 2.33. The molecule has 0 aromatic heterocycles. The molecule has 0 aliphatic carbocycles. The van der Waals surface area contributed by atoms with Crippen LogP contribution >= 0.6 is 7.92 Å². The summed E-state index contributed by atoms with van der Waals surface area (Å²) in [7, 11) is -0.743. The second kappa shape index (κ2) is 7.01. The third-order valence-electron chi connectivity index (χ3n) is 1.57. The molecule has 0 aliphatic rings. The van der Waals surface area contributed by atoms with E-state index in [4.69, 9.17) is 10.5 Å². The van der Waals surface area contributed by atoms with E-state index in [2.05, 4.69) is 0 Å². The minimum absolute atomic E-state index is 0.0228. The minimum atomic E-state index is -0.997. The molecule has 0 aromatic carbocycles. The lowest BCUT2D eigenvalue weighted by molar-refractivity contribution is 0.450. The summed E-state index contributed by atoms with van der Waals surface area (Å²) in [5.74, 6) is -0.997. The van der Waals surface area contributed by atoms with Gasteiger partial charge >= 0.3 is 0 Å². The largest absolute Gasteiger partial charge is 0.241 e. The molecule has 2 unspecified atom stereocenters. The molecule has 0 rings (SSSR count). The van der Waals surface area contributed by atoms with Gasteiger partial charge in [-0.25, -0.2) is 4.39 Å². The Morgan fingerprint density at radius 2 is 2.08 bits per heavy atom. The molecule has 0 heterocycles. The molecule has 2 atom stereocenters. The van der Waals surface area contributed by atoms with Gasteiger partial charge in [0.05, 0.1) is 18.6 Å². The molecular weight excluding hydrogens is 174 g/mol. The van der Waals surface area contributed by atoms with Crippen molar-refractivity contribution in [3.05, 3.63) is 0 Å². The number of hydrogen-bond donors (Lipinski definition) is 0. The van der Waals surface area contributed by atoms with E-state index < -0.39 is 13.8 Å². The number of nitrogens with zero attached hydrogens (tertiary/aromatic N) is 2. The Hall–Kier alpha value is -0.660. The van der Waals surface area contributed by atoms with E-state index in [1.807, 2.05) is 19.1 Å². The summed E-state index contributed by atoms with van der Waals surface area (Å²) in [5.41, 5.74) is 0. The Bertz CT molecular complexity index is 194. The first kappa shape index (κ1) is 11.3. The van der Waals surface area contributed by atoms with E-state index in [9.17, 15) is 4.39 Å². The highest BCUT2D eigenvalue weighted by Gasteiger charge is 2.17. The Labute approximate surface area is 73.7 Å². The summed E-state index contributed by atoms with van der Waals surface area (Å²) < 4.78 is 13.1. The van der Waals surface area contributed by atoms with E-state index in [0.29, 0.717) is 12.6 Å². The maximum absolute atomic E-state index is 13.1. The van der Waals surface area contributed by atoms with Gasteiger partial charge in [-0.3, -0.25) is 0 Å². The Morgan fingerprint density at radius 1 is 1.42 bits per heavy atom. The van der Waals surface area contributed by atoms with Crippen molar-refractivity contribution in [2.75, 3.05) is 12.3 Å². The maximum atomic E-state index is 13.1. The summed E-state index contributed by atoms with van der Waals surface area (Å²) in [6.45, 7) is 1.91. The van der Waals surface area contributed by atoms with Crippen LogP contribution in [-0.2, 0) is 0 Å². The van der Waals surface area contributed by atoms with Crippen LogP contribution in [0.4, 0.5) is 4.39 Å². The molecule has 0 N–H and O–H groups in total. The quantitative estimate of drug-likeness (QED) is 0.619. The van der Waals surface area contributed by atoms with Crippen molar-refractivity contribution in [2.24, 2.45) is 0 Å². The Balaban J connectivity index is 3.82. The first-order valence-corrected chi connectivity index (χ1v) is 5.66. The van der Waals surface area contributed by atoms with E-state index in [-0.39, 0.29) is 6.42 Å². The highest BCUT2D eigenvalue weighted by Crippen LogP contribution is 2.43. The second-order valence-corrected chi connectivity index (χ2v) is 5.15. The summed E-state index contributed by atoms with van der Waals surface area (Å²) >= 11 is 0. The molecule has 12 heavy (non-hydrogen) atoms. The van der Waals surface area contributed by atoms with Crippen molar-refractivity contribution >= 4 is 7.92 Å². The van der Waals surface area contributed by atoms with Crippen molar-refractivity contribution in [2.45, 2.75) is 25.7 Å². The third kappa shape index (κ3) is 4.27. The van der Waals surface area contributed by atoms with Crippen LogP contribution in [0.5, 0.6) is 0 Å². The van der Waals surface area contributed by atoms with Crippen LogP contribution in [0.1, 0.15) is 19.8 Å². The number of nitriles is 2. The molecule has 0 bridgehead atoms. The molecule has 0 saturated heterocycles. The summed E-state index contributed by atoms with van der Waals surface area (Å²) in [6.07, 6.45) is 1.78. The topological polar surface area (TPSA) is 47.6 Å². The van der Waals surface area contributed by atoms with Gasteiger partial charge in [0, 0.05) is 6.42 Å². The number of hydrogen-bond acceptors (Lipinski definition) is 2. The predicted octanol–water partition coefficient (Wildman–Crippen LogP) is 2.61. The molecule has 2 nitrogen and oxygen atoms in total. The standard InChI is InChI=1S/C8H12FN2P/c1-2-12(7-3-5-10)8(9)4-6-11/h8H,2-4,7H2,1H3. The van der Waals surface area contributed by atoms with Crippen LogP contribution in [0.3, 0.4) is 0 Å². The lowest BCUT2D eigenvalue weighted by Crippen LogP contribution is -2.01. The van der Waals surface area contributed by atoms with Gasteiger partial charge in [-0.1, -0.05) is 14.8 Å². The van der Waals surface area contributed by atoms with E-state index in [1.165, 1.54) is 0 Å². The Morgan fingerprint density at radius 3 is 2.50 bits per heavy atom. The molecule has 66 valence electrons. The lowest BCUT2D eigenvalue weighted by atomic mass is 10.5.